The number of carbonyl (C=O) groups excluding carboxylic acids is 1. The van der Waals surface area contributed by atoms with Crippen LogP contribution in [-0.4, -0.2) is 25.8 Å². The highest BCUT2D eigenvalue weighted by molar-refractivity contribution is 8.00. The molecule has 1 atom stereocenters. The molecule has 0 fully saturated rings. The summed E-state index contributed by atoms with van der Waals surface area (Å²) in [4.78, 5) is 12.6. The van der Waals surface area contributed by atoms with Crippen LogP contribution in [0.1, 0.15) is 22.8 Å². The van der Waals surface area contributed by atoms with Gasteiger partial charge in [0.2, 0.25) is 0 Å². The van der Waals surface area contributed by atoms with Gasteiger partial charge in [0.1, 0.15) is 0 Å². The Balaban J connectivity index is 1.78. The molecular weight excluding hydrogens is 354 g/mol. The van der Waals surface area contributed by atoms with Crippen molar-refractivity contribution < 1.29 is 4.79 Å². The van der Waals surface area contributed by atoms with E-state index in [1.807, 2.05) is 49.7 Å². The maximum atomic E-state index is 12.6. The quantitative estimate of drug-likeness (QED) is 0.477. The van der Waals surface area contributed by atoms with Crippen molar-refractivity contribution in [2.24, 2.45) is 7.05 Å². The van der Waals surface area contributed by atoms with Crippen LogP contribution in [0.2, 0.25) is 5.02 Å². The molecule has 0 saturated carbocycles. The van der Waals surface area contributed by atoms with Gasteiger partial charge in [-0.1, -0.05) is 53.2 Å². The number of aryl methyl sites for hydroxylation is 1. The Morgan fingerprint density at radius 3 is 2.36 bits per heavy atom. The molecule has 128 valence electrons. The molecule has 0 radical (unpaired) electrons. The van der Waals surface area contributed by atoms with Crippen molar-refractivity contribution in [1.29, 1.82) is 0 Å². The second-order valence-electron chi connectivity index (χ2n) is 5.86. The summed E-state index contributed by atoms with van der Waals surface area (Å²) in [5, 5.41) is 9.59. The smallest absolute Gasteiger partial charge is 0.191 e. The molecule has 0 amide bonds. The van der Waals surface area contributed by atoms with Gasteiger partial charge in [-0.25, -0.2) is 0 Å². The fraction of sp³-hybridized carbons (Fsp3) is 0.211. The van der Waals surface area contributed by atoms with Gasteiger partial charge < -0.3 is 4.57 Å². The molecule has 0 aliphatic rings. The number of carbonyl (C=O) groups is 1. The van der Waals surface area contributed by atoms with Crippen LogP contribution in [-0.2, 0) is 7.05 Å². The van der Waals surface area contributed by atoms with E-state index in [4.69, 9.17) is 11.6 Å². The number of ketones is 1. The van der Waals surface area contributed by atoms with Crippen LogP contribution in [0.4, 0.5) is 0 Å². The summed E-state index contributed by atoms with van der Waals surface area (Å²) in [5.41, 5.74) is 2.84. The van der Waals surface area contributed by atoms with Crippen molar-refractivity contribution in [3.63, 3.8) is 0 Å². The van der Waals surface area contributed by atoms with Crippen molar-refractivity contribution in [2.45, 2.75) is 24.3 Å². The van der Waals surface area contributed by atoms with Crippen LogP contribution in [0.3, 0.4) is 0 Å². The zero-order chi connectivity index (χ0) is 18.0. The highest BCUT2D eigenvalue weighted by Crippen LogP contribution is 2.27. The average molecular weight is 372 g/mol. The average Bonchev–Trinajstić information content (AvgIpc) is 2.96. The van der Waals surface area contributed by atoms with Crippen LogP contribution in [0.5, 0.6) is 0 Å². The molecular formula is C19H18ClN3OS. The summed E-state index contributed by atoms with van der Waals surface area (Å²) >= 11 is 7.28. The Hall–Kier alpha value is -2.11. The van der Waals surface area contributed by atoms with E-state index in [2.05, 4.69) is 10.2 Å². The zero-order valence-electron chi connectivity index (χ0n) is 14.2. The summed E-state index contributed by atoms with van der Waals surface area (Å²) in [6, 6.07) is 15.1. The molecule has 3 rings (SSSR count). The van der Waals surface area contributed by atoms with E-state index in [0.29, 0.717) is 15.7 Å². The van der Waals surface area contributed by atoms with E-state index < -0.39 is 0 Å². The highest BCUT2D eigenvalue weighted by Gasteiger charge is 2.20. The molecule has 0 N–H and O–H groups in total. The Bertz CT molecular complexity index is 888. The number of Topliss-reactive ketones (excluding diaryl/α,β-unsaturated/α-hetero) is 1. The first kappa shape index (κ1) is 17.7. The Morgan fingerprint density at radius 2 is 1.72 bits per heavy atom. The molecule has 0 aliphatic carbocycles. The molecule has 0 bridgehead atoms. The number of halogens is 1. The number of hydrogen-bond acceptors (Lipinski definition) is 4. The van der Waals surface area contributed by atoms with Gasteiger partial charge in [0.15, 0.2) is 16.8 Å². The minimum atomic E-state index is -0.269. The summed E-state index contributed by atoms with van der Waals surface area (Å²) in [5.74, 6) is 0.829. The van der Waals surface area contributed by atoms with Crippen molar-refractivity contribution in [1.82, 2.24) is 14.8 Å². The molecule has 4 nitrogen and oxygen atoms in total. The minimum Gasteiger partial charge on any atom is -0.305 e. The maximum absolute atomic E-state index is 12.6. The maximum Gasteiger partial charge on any atom is 0.191 e. The third-order valence-electron chi connectivity index (χ3n) is 3.92. The van der Waals surface area contributed by atoms with Crippen LogP contribution in [0.15, 0.2) is 53.7 Å². The fourth-order valence-corrected chi connectivity index (χ4v) is 3.45. The molecule has 1 heterocycles. The monoisotopic (exact) mass is 371 g/mol. The Labute approximate surface area is 156 Å². The number of rotatable bonds is 5. The van der Waals surface area contributed by atoms with E-state index in [1.165, 1.54) is 17.3 Å². The van der Waals surface area contributed by atoms with Crippen molar-refractivity contribution >= 4 is 29.1 Å². The lowest BCUT2D eigenvalue weighted by molar-refractivity contribution is 0.0994. The van der Waals surface area contributed by atoms with E-state index in [1.54, 1.807) is 24.3 Å². The van der Waals surface area contributed by atoms with Gasteiger partial charge in [-0.15, -0.1) is 10.2 Å². The van der Waals surface area contributed by atoms with Crippen LogP contribution in [0.25, 0.3) is 11.4 Å². The predicted molar refractivity (Wildman–Crippen MR) is 102 cm³/mol. The fourth-order valence-electron chi connectivity index (χ4n) is 2.43. The van der Waals surface area contributed by atoms with Crippen LogP contribution >= 0.6 is 23.4 Å². The second kappa shape index (κ2) is 7.42. The first-order chi connectivity index (χ1) is 12.0. The third-order valence-corrected chi connectivity index (χ3v) is 5.31. The van der Waals surface area contributed by atoms with E-state index in [0.717, 1.165) is 11.4 Å². The Morgan fingerprint density at radius 1 is 1.08 bits per heavy atom. The third kappa shape index (κ3) is 3.94. The molecule has 25 heavy (non-hydrogen) atoms. The number of thioether (sulfide) groups is 1. The second-order valence-corrected chi connectivity index (χ2v) is 7.61. The van der Waals surface area contributed by atoms with Crippen molar-refractivity contribution in [3.05, 3.63) is 64.7 Å². The number of aromatic nitrogens is 3. The van der Waals surface area contributed by atoms with Crippen LogP contribution in [0, 0.1) is 6.92 Å². The first-order valence-electron chi connectivity index (χ1n) is 7.88. The minimum absolute atomic E-state index is 0.0431. The number of hydrogen-bond donors (Lipinski definition) is 0. The van der Waals surface area contributed by atoms with Gasteiger partial charge in [-0.2, -0.15) is 0 Å². The summed E-state index contributed by atoms with van der Waals surface area (Å²) in [6.45, 7) is 3.92. The topological polar surface area (TPSA) is 47.8 Å². The largest absolute Gasteiger partial charge is 0.305 e. The zero-order valence-corrected chi connectivity index (χ0v) is 15.8. The van der Waals surface area contributed by atoms with Crippen LogP contribution < -0.4 is 0 Å². The van der Waals surface area contributed by atoms with E-state index in [-0.39, 0.29) is 11.0 Å². The normalized spacial score (nSPS) is 12.2. The molecule has 1 unspecified atom stereocenters. The van der Waals surface area contributed by atoms with E-state index >= 15 is 0 Å². The summed E-state index contributed by atoms with van der Waals surface area (Å²) in [7, 11) is 1.91. The van der Waals surface area contributed by atoms with Crippen molar-refractivity contribution in [2.75, 3.05) is 0 Å². The van der Waals surface area contributed by atoms with Gasteiger partial charge >= 0.3 is 0 Å². The lowest BCUT2D eigenvalue weighted by Gasteiger charge is -2.10. The molecule has 0 aliphatic heterocycles. The van der Waals surface area contributed by atoms with Crippen molar-refractivity contribution in [3.8, 4) is 11.4 Å². The van der Waals surface area contributed by atoms with Gasteiger partial charge in [-0.3, -0.25) is 4.79 Å². The van der Waals surface area contributed by atoms with E-state index in [9.17, 15) is 4.79 Å². The predicted octanol–water partition coefficient (Wildman–Crippen LogP) is 4.81. The van der Waals surface area contributed by atoms with Gasteiger partial charge in [0, 0.05) is 23.2 Å². The highest BCUT2D eigenvalue weighted by atomic mass is 35.5. The summed E-state index contributed by atoms with van der Waals surface area (Å²) in [6.07, 6.45) is 0. The van der Waals surface area contributed by atoms with Gasteiger partial charge in [-0.05, 0) is 38.1 Å². The standard InChI is InChI=1S/C19H18ClN3OS/c1-12-4-6-15(7-5-12)18-21-22-19(23(18)3)25-13(2)17(24)14-8-10-16(20)11-9-14/h4-11,13H,1-3H3. The number of nitrogens with zero attached hydrogens (tertiary/aromatic N) is 3. The van der Waals surface area contributed by atoms with Gasteiger partial charge in [0.05, 0.1) is 5.25 Å². The molecule has 2 aromatic carbocycles. The van der Waals surface area contributed by atoms with Gasteiger partial charge in [0.25, 0.3) is 0 Å². The molecule has 0 saturated heterocycles. The summed E-state index contributed by atoms with van der Waals surface area (Å²) < 4.78 is 1.92. The SMILES string of the molecule is Cc1ccc(-c2nnc(SC(C)C(=O)c3ccc(Cl)cc3)n2C)cc1. The molecule has 1 aromatic heterocycles. The lowest BCUT2D eigenvalue weighted by atomic mass is 10.1. The lowest BCUT2D eigenvalue weighted by Crippen LogP contribution is -2.14. The number of benzene rings is 2. The molecule has 3 aromatic rings. The Kier molecular flexibility index (Phi) is 5.25. The first-order valence-corrected chi connectivity index (χ1v) is 9.14. The molecule has 0 spiro atoms. The molecule has 6 heteroatoms.